The molecule has 0 heterocycles. The second kappa shape index (κ2) is 9.78. The van der Waals surface area contributed by atoms with Crippen molar-refractivity contribution in [1.82, 2.24) is 4.90 Å². The summed E-state index contributed by atoms with van der Waals surface area (Å²) < 4.78 is 0. The van der Waals surface area contributed by atoms with Crippen molar-refractivity contribution in [3.63, 3.8) is 0 Å². The van der Waals surface area contributed by atoms with Gasteiger partial charge in [-0.1, -0.05) is 0 Å². The SMILES string of the molecule is N#CCCN(/C=C/C=C(C#N)C#N)CCC#N. The summed E-state index contributed by atoms with van der Waals surface area (Å²) in [4.78, 5) is 1.80. The predicted molar refractivity (Wildman–Crippen MR) is 60.5 cm³/mol. The Labute approximate surface area is 101 Å². The zero-order valence-electron chi connectivity index (χ0n) is 9.30. The molecule has 0 atom stereocenters. The lowest BCUT2D eigenvalue weighted by Crippen LogP contribution is -2.19. The molecule has 0 radical (unpaired) electrons. The molecule has 0 spiro atoms. The number of allylic oxidation sites excluding steroid dienone is 3. The van der Waals surface area contributed by atoms with E-state index in [0.29, 0.717) is 25.9 Å². The fourth-order valence-electron chi connectivity index (χ4n) is 1.01. The minimum Gasteiger partial charge on any atom is -0.375 e. The molecular weight excluding hydrogens is 214 g/mol. The monoisotopic (exact) mass is 225 g/mol. The van der Waals surface area contributed by atoms with Crippen LogP contribution in [0.4, 0.5) is 0 Å². The second-order valence-corrected chi connectivity index (χ2v) is 3.00. The summed E-state index contributed by atoms with van der Waals surface area (Å²) in [6, 6.07) is 7.51. The van der Waals surface area contributed by atoms with Crippen molar-refractivity contribution in [3.05, 3.63) is 23.9 Å². The van der Waals surface area contributed by atoms with Crippen LogP contribution in [0.2, 0.25) is 0 Å². The molecule has 0 amide bonds. The average Bonchev–Trinajstić information content (AvgIpc) is 2.37. The smallest absolute Gasteiger partial charge is 0.129 e. The van der Waals surface area contributed by atoms with Gasteiger partial charge in [-0.05, 0) is 18.4 Å². The van der Waals surface area contributed by atoms with Gasteiger partial charge in [0.05, 0.1) is 25.0 Å². The summed E-state index contributed by atoms with van der Waals surface area (Å²) in [5.74, 6) is 0. The van der Waals surface area contributed by atoms with Gasteiger partial charge in [-0.25, -0.2) is 0 Å². The third-order valence-corrected chi connectivity index (χ3v) is 1.82. The molecule has 0 aromatic rings. The maximum absolute atomic E-state index is 8.50. The van der Waals surface area contributed by atoms with E-state index in [4.69, 9.17) is 21.0 Å². The number of rotatable bonds is 6. The summed E-state index contributed by atoms with van der Waals surface area (Å²) in [6.07, 6.45) is 5.36. The van der Waals surface area contributed by atoms with Crippen LogP contribution in [0.1, 0.15) is 12.8 Å². The third-order valence-electron chi connectivity index (χ3n) is 1.82. The second-order valence-electron chi connectivity index (χ2n) is 3.00. The third kappa shape index (κ3) is 7.20. The molecule has 0 unspecified atom stereocenters. The van der Waals surface area contributed by atoms with E-state index in [-0.39, 0.29) is 5.57 Å². The summed E-state index contributed by atoms with van der Waals surface area (Å²) in [5, 5.41) is 33.9. The summed E-state index contributed by atoms with van der Waals surface area (Å²) in [5.41, 5.74) is 0.0155. The first-order valence-corrected chi connectivity index (χ1v) is 4.95. The topological polar surface area (TPSA) is 98.4 Å². The highest BCUT2D eigenvalue weighted by Crippen LogP contribution is 1.97. The standard InChI is InChI=1S/C12H11N5/c13-5-2-8-17(9-3-6-14)7-1-4-12(10-15)11-16/h1,4,7H,2-3,8-9H2/b7-1+. The molecule has 0 bridgehead atoms. The lowest BCUT2D eigenvalue weighted by molar-refractivity contribution is 0.393. The molecule has 0 N–H and O–H groups in total. The number of hydrogen-bond donors (Lipinski definition) is 0. The Bertz CT molecular complexity index is 413. The van der Waals surface area contributed by atoms with Crippen molar-refractivity contribution in [2.45, 2.75) is 12.8 Å². The molecule has 0 aliphatic carbocycles. The van der Waals surface area contributed by atoms with Crippen LogP contribution in [-0.2, 0) is 0 Å². The van der Waals surface area contributed by atoms with Crippen LogP contribution < -0.4 is 0 Å². The van der Waals surface area contributed by atoms with Crippen LogP contribution >= 0.6 is 0 Å². The Hall–Kier alpha value is -2.76. The maximum Gasteiger partial charge on any atom is 0.129 e. The van der Waals surface area contributed by atoms with E-state index in [0.717, 1.165) is 0 Å². The lowest BCUT2D eigenvalue weighted by Gasteiger charge is -2.16. The predicted octanol–water partition coefficient (Wildman–Crippen LogP) is 1.60. The quantitative estimate of drug-likeness (QED) is 0.505. The van der Waals surface area contributed by atoms with E-state index in [9.17, 15) is 0 Å². The van der Waals surface area contributed by atoms with Crippen LogP contribution in [0.3, 0.4) is 0 Å². The highest BCUT2D eigenvalue weighted by atomic mass is 15.1. The first-order valence-electron chi connectivity index (χ1n) is 4.95. The molecule has 0 rings (SSSR count). The van der Waals surface area contributed by atoms with Gasteiger partial charge in [-0.3, -0.25) is 0 Å². The van der Waals surface area contributed by atoms with Crippen LogP contribution in [0, 0.1) is 45.3 Å². The normalized spacial score (nSPS) is 8.47. The van der Waals surface area contributed by atoms with Crippen molar-refractivity contribution < 1.29 is 0 Å². The van der Waals surface area contributed by atoms with Crippen LogP contribution in [0.5, 0.6) is 0 Å². The van der Waals surface area contributed by atoms with Crippen LogP contribution in [0.15, 0.2) is 23.9 Å². The molecule has 0 aliphatic heterocycles. The van der Waals surface area contributed by atoms with Gasteiger partial charge in [-0.15, -0.1) is 0 Å². The highest BCUT2D eigenvalue weighted by Gasteiger charge is 1.97. The van der Waals surface area contributed by atoms with E-state index in [1.165, 1.54) is 6.08 Å². The van der Waals surface area contributed by atoms with E-state index < -0.39 is 0 Å². The molecule has 17 heavy (non-hydrogen) atoms. The first kappa shape index (κ1) is 14.2. The summed E-state index contributed by atoms with van der Waals surface area (Å²) in [7, 11) is 0. The lowest BCUT2D eigenvalue weighted by atomic mass is 10.3. The van der Waals surface area contributed by atoms with Gasteiger partial charge in [0.2, 0.25) is 0 Å². The molecule has 0 aliphatic rings. The van der Waals surface area contributed by atoms with Gasteiger partial charge in [-0.2, -0.15) is 21.0 Å². The molecule has 0 aromatic heterocycles. The Kier molecular flexibility index (Phi) is 8.19. The van der Waals surface area contributed by atoms with Gasteiger partial charge in [0.25, 0.3) is 0 Å². The van der Waals surface area contributed by atoms with E-state index in [1.54, 1.807) is 29.3 Å². The first-order chi connectivity index (χ1) is 8.28. The molecule has 84 valence electrons. The zero-order chi connectivity index (χ0) is 12.9. The molecule has 5 nitrogen and oxygen atoms in total. The molecule has 0 fully saturated rings. The molecule has 0 aromatic carbocycles. The Morgan fingerprint density at radius 2 is 1.47 bits per heavy atom. The molecule has 0 saturated carbocycles. The van der Waals surface area contributed by atoms with Crippen molar-refractivity contribution in [2.24, 2.45) is 0 Å². The van der Waals surface area contributed by atoms with Gasteiger partial charge < -0.3 is 4.90 Å². The van der Waals surface area contributed by atoms with E-state index in [1.807, 2.05) is 12.1 Å². The van der Waals surface area contributed by atoms with Crippen LogP contribution in [0.25, 0.3) is 0 Å². The van der Waals surface area contributed by atoms with Gasteiger partial charge in [0, 0.05) is 13.1 Å². The van der Waals surface area contributed by atoms with Crippen molar-refractivity contribution in [3.8, 4) is 24.3 Å². The van der Waals surface area contributed by atoms with Crippen molar-refractivity contribution >= 4 is 0 Å². The molecule has 5 heteroatoms. The molecular formula is C12H11N5. The van der Waals surface area contributed by atoms with E-state index in [2.05, 4.69) is 0 Å². The fourth-order valence-corrected chi connectivity index (χ4v) is 1.01. The van der Waals surface area contributed by atoms with Crippen molar-refractivity contribution in [1.29, 1.82) is 21.0 Å². The zero-order valence-corrected chi connectivity index (χ0v) is 9.30. The number of nitriles is 4. The number of hydrogen-bond acceptors (Lipinski definition) is 5. The van der Waals surface area contributed by atoms with Gasteiger partial charge >= 0.3 is 0 Å². The summed E-state index contributed by atoms with van der Waals surface area (Å²) >= 11 is 0. The minimum absolute atomic E-state index is 0.0155. The number of nitrogens with zero attached hydrogens (tertiary/aromatic N) is 5. The minimum atomic E-state index is 0.0155. The average molecular weight is 225 g/mol. The van der Waals surface area contributed by atoms with Gasteiger partial charge in [0.1, 0.15) is 17.7 Å². The summed E-state index contributed by atoms with van der Waals surface area (Å²) in [6.45, 7) is 1.05. The van der Waals surface area contributed by atoms with Crippen molar-refractivity contribution in [2.75, 3.05) is 13.1 Å². The Morgan fingerprint density at radius 3 is 1.88 bits per heavy atom. The highest BCUT2D eigenvalue weighted by molar-refractivity contribution is 5.37. The van der Waals surface area contributed by atoms with Gasteiger partial charge in [0.15, 0.2) is 0 Å². The largest absolute Gasteiger partial charge is 0.375 e. The molecule has 0 saturated heterocycles. The van der Waals surface area contributed by atoms with Crippen LogP contribution in [-0.4, -0.2) is 18.0 Å². The Morgan fingerprint density at radius 1 is 0.941 bits per heavy atom. The Balaban J connectivity index is 4.44. The maximum atomic E-state index is 8.50. The fraction of sp³-hybridized carbons (Fsp3) is 0.333. The van der Waals surface area contributed by atoms with E-state index >= 15 is 0 Å².